The summed E-state index contributed by atoms with van der Waals surface area (Å²) in [5.41, 5.74) is 0.0744. The van der Waals surface area contributed by atoms with Gasteiger partial charge in [-0.1, -0.05) is 12.1 Å². The zero-order valence-corrected chi connectivity index (χ0v) is 17.7. The first-order valence-electron chi connectivity index (χ1n) is 9.27. The van der Waals surface area contributed by atoms with Crippen LogP contribution in [0.3, 0.4) is 0 Å². The quantitative estimate of drug-likeness (QED) is 0.534. The number of para-hydroxylation sites is 1. The molecule has 3 aromatic rings. The molecule has 8 nitrogen and oxygen atoms in total. The average Bonchev–Trinajstić information content (AvgIpc) is 3.26. The van der Waals surface area contributed by atoms with Crippen LogP contribution in [0.2, 0.25) is 0 Å². The fraction of sp³-hybridized carbons (Fsp3) is 0.143. The van der Waals surface area contributed by atoms with E-state index in [1.54, 1.807) is 24.3 Å². The molecule has 0 unspecified atom stereocenters. The number of furan rings is 1. The minimum Gasteiger partial charge on any atom is -0.467 e. The lowest BCUT2D eigenvalue weighted by Gasteiger charge is -2.22. The standard InChI is InChI=1S/C21H19F2N3O5S/c1-32(29,30)26(14-8-9-17(22)18(23)11-14)13-20(27)25-19-7-3-2-6-16(19)21(28)24-12-15-5-4-10-31-15/h2-11H,12-13H2,1H3,(H,24,28)(H,25,27). The van der Waals surface area contributed by atoms with E-state index in [1.165, 1.54) is 18.4 Å². The molecule has 0 aliphatic heterocycles. The second-order valence-corrected chi connectivity index (χ2v) is 8.63. The first kappa shape index (κ1) is 22.9. The van der Waals surface area contributed by atoms with Crippen molar-refractivity contribution in [1.82, 2.24) is 5.32 Å². The summed E-state index contributed by atoms with van der Waals surface area (Å²) in [6.07, 6.45) is 2.30. The van der Waals surface area contributed by atoms with E-state index >= 15 is 0 Å². The van der Waals surface area contributed by atoms with Crippen LogP contribution < -0.4 is 14.9 Å². The van der Waals surface area contributed by atoms with Crippen molar-refractivity contribution in [2.45, 2.75) is 6.54 Å². The summed E-state index contributed by atoms with van der Waals surface area (Å²) in [5.74, 6) is -3.14. The Morgan fingerprint density at radius 3 is 2.44 bits per heavy atom. The molecule has 0 aliphatic carbocycles. The predicted octanol–water partition coefficient (Wildman–Crippen LogP) is 2.89. The second kappa shape index (κ2) is 9.60. The molecule has 32 heavy (non-hydrogen) atoms. The molecule has 11 heteroatoms. The minimum absolute atomic E-state index is 0.131. The van der Waals surface area contributed by atoms with Crippen molar-refractivity contribution in [1.29, 1.82) is 0 Å². The van der Waals surface area contributed by atoms with Crippen molar-refractivity contribution in [3.63, 3.8) is 0 Å². The molecule has 3 rings (SSSR count). The zero-order valence-electron chi connectivity index (χ0n) is 16.8. The van der Waals surface area contributed by atoms with Gasteiger partial charge in [-0.05, 0) is 36.4 Å². The Kier molecular flexibility index (Phi) is 6.89. The number of nitrogens with one attached hydrogen (secondary N) is 2. The van der Waals surface area contributed by atoms with Crippen LogP contribution in [-0.2, 0) is 21.4 Å². The fourth-order valence-corrected chi connectivity index (χ4v) is 3.67. The Labute approximate surface area is 182 Å². The molecule has 0 atom stereocenters. The maximum Gasteiger partial charge on any atom is 0.253 e. The van der Waals surface area contributed by atoms with Crippen LogP contribution in [0.25, 0.3) is 0 Å². The monoisotopic (exact) mass is 463 g/mol. The van der Waals surface area contributed by atoms with Crippen LogP contribution in [0.1, 0.15) is 16.1 Å². The molecular weight excluding hydrogens is 444 g/mol. The highest BCUT2D eigenvalue weighted by molar-refractivity contribution is 7.92. The highest BCUT2D eigenvalue weighted by atomic mass is 32.2. The largest absolute Gasteiger partial charge is 0.467 e. The van der Waals surface area contributed by atoms with Gasteiger partial charge in [-0.2, -0.15) is 0 Å². The lowest BCUT2D eigenvalue weighted by molar-refractivity contribution is -0.114. The van der Waals surface area contributed by atoms with Crippen LogP contribution in [0.15, 0.2) is 65.3 Å². The Morgan fingerprint density at radius 2 is 1.78 bits per heavy atom. The molecule has 1 aromatic heterocycles. The number of hydrogen-bond donors (Lipinski definition) is 2. The summed E-state index contributed by atoms with van der Waals surface area (Å²) in [4.78, 5) is 25.1. The van der Waals surface area contributed by atoms with Crippen molar-refractivity contribution in [3.05, 3.63) is 83.8 Å². The molecule has 0 saturated heterocycles. The lowest BCUT2D eigenvalue weighted by Crippen LogP contribution is -2.37. The molecule has 2 N–H and O–H groups in total. The van der Waals surface area contributed by atoms with Gasteiger partial charge in [0.25, 0.3) is 5.91 Å². The SMILES string of the molecule is CS(=O)(=O)N(CC(=O)Nc1ccccc1C(=O)NCc1ccco1)c1ccc(F)c(F)c1. The molecule has 2 amide bonds. The molecule has 1 heterocycles. The Balaban J connectivity index is 1.75. The van der Waals surface area contributed by atoms with Crippen molar-refractivity contribution in [2.75, 3.05) is 22.4 Å². The summed E-state index contributed by atoms with van der Waals surface area (Å²) in [7, 11) is -4.00. The van der Waals surface area contributed by atoms with Crippen LogP contribution >= 0.6 is 0 Å². The summed E-state index contributed by atoms with van der Waals surface area (Å²) >= 11 is 0. The third kappa shape index (κ3) is 5.70. The number of halogens is 2. The molecular formula is C21H19F2N3O5S. The van der Waals surface area contributed by atoms with E-state index in [0.717, 1.165) is 18.4 Å². The summed E-state index contributed by atoms with van der Waals surface area (Å²) in [6, 6.07) is 12.0. The van der Waals surface area contributed by atoms with Gasteiger partial charge >= 0.3 is 0 Å². The van der Waals surface area contributed by atoms with Gasteiger partial charge in [0.15, 0.2) is 11.6 Å². The van der Waals surface area contributed by atoms with Crippen molar-refractivity contribution in [2.24, 2.45) is 0 Å². The van der Waals surface area contributed by atoms with E-state index in [4.69, 9.17) is 4.42 Å². The summed E-state index contributed by atoms with van der Waals surface area (Å²) < 4.78 is 56.9. The molecule has 0 bridgehead atoms. The zero-order chi connectivity index (χ0) is 23.3. The lowest BCUT2D eigenvalue weighted by atomic mass is 10.1. The van der Waals surface area contributed by atoms with Gasteiger partial charge in [-0.25, -0.2) is 17.2 Å². The second-order valence-electron chi connectivity index (χ2n) is 6.72. The van der Waals surface area contributed by atoms with E-state index in [2.05, 4.69) is 10.6 Å². The van der Waals surface area contributed by atoms with E-state index in [9.17, 15) is 26.8 Å². The van der Waals surface area contributed by atoms with E-state index < -0.39 is 40.0 Å². The van der Waals surface area contributed by atoms with Crippen LogP contribution in [-0.4, -0.2) is 33.0 Å². The Morgan fingerprint density at radius 1 is 1.03 bits per heavy atom. The van der Waals surface area contributed by atoms with Crippen LogP contribution in [0.5, 0.6) is 0 Å². The number of carbonyl (C=O) groups excluding carboxylic acids is 2. The van der Waals surface area contributed by atoms with Gasteiger partial charge in [0, 0.05) is 6.07 Å². The number of sulfonamides is 1. The Bertz CT molecular complexity index is 1230. The molecule has 0 saturated carbocycles. The predicted molar refractivity (Wildman–Crippen MR) is 113 cm³/mol. The van der Waals surface area contributed by atoms with Crippen molar-refractivity contribution < 1.29 is 31.2 Å². The first-order valence-corrected chi connectivity index (χ1v) is 11.1. The third-order valence-corrected chi connectivity index (χ3v) is 5.47. The molecule has 0 spiro atoms. The van der Waals surface area contributed by atoms with Gasteiger partial charge < -0.3 is 15.1 Å². The number of benzene rings is 2. The summed E-state index contributed by atoms with van der Waals surface area (Å²) in [6.45, 7) is -0.585. The fourth-order valence-electron chi connectivity index (χ4n) is 2.83. The average molecular weight is 463 g/mol. The third-order valence-electron chi connectivity index (χ3n) is 4.33. The number of carbonyl (C=O) groups is 2. The minimum atomic E-state index is -4.00. The van der Waals surface area contributed by atoms with Gasteiger partial charge in [0.2, 0.25) is 15.9 Å². The molecule has 0 aliphatic rings. The number of amides is 2. The van der Waals surface area contributed by atoms with Crippen molar-refractivity contribution in [3.8, 4) is 0 Å². The number of anilines is 2. The van der Waals surface area contributed by atoms with Crippen LogP contribution in [0.4, 0.5) is 20.2 Å². The van der Waals surface area contributed by atoms with Gasteiger partial charge in [-0.3, -0.25) is 13.9 Å². The van der Waals surface area contributed by atoms with Gasteiger partial charge in [-0.15, -0.1) is 0 Å². The smallest absolute Gasteiger partial charge is 0.253 e. The van der Waals surface area contributed by atoms with E-state index in [-0.39, 0.29) is 23.5 Å². The highest BCUT2D eigenvalue weighted by Gasteiger charge is 2.23. The molecule has 168 valence electrons. The normalized spacial score (nSPS) is 11.1. The highest BCUT2D eigenvalue weighted by Crippen LogP contribution is 2.21. The first-order chi connectivity index (χ1) is 15.1. The van der Waals surface area contributed by atoms with E-state index in [0.29, 0.717) is 16.1 Å². The van der Waals surface area contributed by atoms with Crippen molar-refractivity contribution >= 4 is 33.2 Å². The van der Waals surface area contributed by atoms with E-state index in [1.807, 2.05) is 0 Å². The molecule has 2 aromatic carbocycles. The number of hydrogen-bond acceptors (Lipinski definition) is 5. The molecule has 0 radical (unpaired) electrons. The maximum atomic E-state index is 13.6. The van der Waals surface area contributed by atoms with Gasteiger partial charge in [0.1, 0.15) is 12.3 Å². The maximum absolute atomic E-state index is 13.6. The Hall–Kier alpha value is -3.73. The number of nitrogens with zero attached hydrogens (tertiary/aromatic N) is 1. The summed E-state index contributed by atoms with van der Waals surface area (Å²) in [5, 5.41) is 5.14. The topological polar surface area (TPSA) is 109 Å². The number of rotatable bonds is 8. The van der Waals surface area contributed by atoms with Crippen LogP contribution in [0, 0.1) is 11.6 Å². The van der Waals surface area contributed by atoms with Gasteiger partial charge in [0.05, 0.1) is 36.0 Å². The molecule has 0 fully saturated rings.